The molecule has 118 valence electrons. The van der Waals surface area contributed by atoms with Gasteiger partial charge in [0.2, 0.25) is 0 Å². The summed E-state index contributed by atoms with van der Waals surface area (Å²) in [6.45, 7) is 6.37. The van der Waals surface area contributed by atoms with Crippen molar-refractivity contribution in [2.24, 2.45) is 0 Å². The molecule has 0 fully saturated rings. The lowest BCUT2D eigenvalue weighted by atomic mass is 10.0. The van der Waals surface area contributed by atoms with Gasteiger partial charge in [-0.2, -0.15) is 0 Å². The van der Waals surface area contributed by atoms with Crippen molar-refractivity contribution in [3.8, 4) is 11.4 Å². The lowest BCUT2D eigenvalue weighted by molar-refractivity contribution is -0.385. The molecule has 7 heteroatoms. The number of aromatic nitrogens is 2. The predicted octanol–water partition coefficient (Wildman–Crippen LogP) is 5.18. The number of nitro groups is 1. The van der Waals surface area contributed by atoms with E-state index in [0.717, 1.165) is 24.0 Å². The molecule has 0 N–H and O–H groups in total. The molecule has 1 heterocycles. The van der Waals surface area contributed by atoms with E-state index in [4.69, 9.17) is 23.2 Å². The van der Waals surface area contributed by atoms with Gasteiger partial charge in [-0.25, -0.2) is 4.98 Å². The number of unbranched alkanes of at least 4 members (excludes halogenated alkanes) is 1. The molecule has 0 spiro atoms. The smallest absolute Gasteiger partial charge is 0.273 e. The van der Waals surface area contributed by atoms with Gasteiger partial charge in [0.15, 0.2) is 5.15 Å². The third-order valence-electron chi connectivity index (χ3n) is 3.67. The van der Waals surface area contributed by atoms with Gasteiger partial charge in [0.1, 0.15) is 11.0 Å². The zero-order valence-electron chi connectivity index (χ0n) is 12.7. The maximum Gasteiger partial charge on any atom is 0.273 e. The highest BCUT2D eigenvalue weighted by Gasteiger charge is 2.23. The number of hydrogen-bond acceptors (Lipinski definition) is 3. The molecule has 0 atom stereocenters. The van der Waals surface area contributed by atoms with Gasteiger partial charge in [-0.15, -0.1) is 0 Å². The van der Waals surface area contributed by atoms with Crippen molar-refractivity contribution in [2.45, 2.75) is 40.2 Å². The summed E-state index contributed by atoms with van der Waals surface area (Å²) in [5, 5.41) is 11.8. The molecule has 0 unspecified atom stereocenters. The Morgan fingerprint density at radius 1 is 1.32 bits per heavy atom. The van der Waals surface area contributed by atoms with Gasteiger partial charge in [0.25, 0.3) is 5.69 Å². The Balaban J connectivity index is 2.69. The van der Waals surface area contributed by atoms with E-state index in [1.165, 1.54) is 6.07 Å². The molecule has 2 aromatic rings. The lowest BCUT2D eigenvalue weighted by Gasteiger charge is -2.13. The van der Waals surface area contributed by atoms with E-state index in [0.29, 0.717) is 23.1 Å². The topological polar surface area (TPSA) is 61.0 Å². The molecule has 0 aliphatic rings. The average Bonchev–Trinajstić information content (AvgIpc) is 2.72. The number of nitrogens with zero attached hydrogens (tertiary/aromatic N) is 3. The molecule has 0 radical (unpaired) electrons. The monoisotopic (exact) mass is 341 g/mol. The van der Waals surface area contributed by atoms with E-state index in [9.17, 15) is 10.1 Å². The van der Waals surface area contributed by atoms with Gasteiger partial charge in [-0.05, 0) is 25.8 Å². The number of rotatable bonds is 5. The van der Waals surface area contributed by atoms with Crippen LogP contribution in [0.15, 0.2) is 12.1 Å². The van der Waals surface area contributed by atoms with Crippen molar-refractivity contribution in [2.75, 3.05) is 0 Å². The molecule has 0 aliphatic carbocycles. The van der Waals surface area contributed by atoms with Crippen molar-refractivity contribution in [1.29, 1.82) is 0 Å². The standard InChI is InChI=1S/C15H17Cl2N3O2/c1-4-5-8-19-14(17)13(16)18-15(19)12-9(2)6-7-11(10(12)3)20(21)22/h6-7H,4-5,8H2,1-3H3. The number of imidazole rings is 1. The normalized spacial score (nSPS) is 11.0. The predicted molar refractivity (Wildman–Crippen MR) is 88.7 cm³/mol. The van der Waals surface area contributed by atoms with E-state index in [1.807, 2.05) is 11.5 Å². The first kappa shape index (κ1) is 16.8. The van der Waals surface area contributed by atoms with Crippen LogP contribution in [0.5, 0.6) is 0 Å². The quantitative estimate of drug-likeness (QED) is 0.555. The van der Waals surface area contributed by atoms with E-state index in [2.05, 4.69) is 11.9 Å². The highest BCUT2D eigenvalue weighted by atomic mass is 35.5. The Kier molecular flexibility index (Phi) is 5.08. The molecule has 1 aromatic carbocycles. The second-order valence-corrected chi connectivity index (χ2v) is 5.90. The van der Waals surface area contributed by atoms with Crippen molar-refractivity contribution in [3.63, 3.8) is 0 Å². The molecule has 2 rings (SSSR count). The fraction of sp³-hybridized carbons (Fsp3) is 0.400. The largest absolute Gasteiger partial charge is 0.314 e. The minimum Gasteiger partial charge on any atom is -0.314 e. The zero-order valence-corrected chi connectivity index (χ0v) is 14.2. The number of aryl methyl sites for hydroxylation is 1. The van der Waals surface area contributed by atoms with Gasteiger partial charge in [0, 0.05) is 23.7 Å². The third kappa shape index (κ3) is 2.96. The van der Waals surface area contributed by atoms with E-state index >= 15 is 0 Å². The van der Waals surface area contributed by atoms with Crippen LogP contribution < -0.4 is 0 Å². The summed E-state index contributed by atoms with van der Waals surface area (Å²) in [4.78, 5) is 15.1. The highest BCUT2D eigenvalue weighted by Crippen LogP contribution is 2.36. The van der Waals surface area contributed by atoms with Crippen LogP contribution >= 0.6 is 23.2 Å². The molecule has 0 aliphatic heterocycles. The van der Waals surface area contributed by atoms with Gasteiger partial charge in [-0.3, -0.25) is 10.1 Å². The zero-order chi connectivity index (χ0) is 16.4. The fourth-order valence-electron chi connectivity index (χ4n) is 2.49. The summed E-state index contributed by atoms with van der Waals surface area (Å²) in [5.41, 5.74) is 2.26. The molecule has 0 amide bonds. The Morgan fingerprint density at radius 3 is 2.59 bits per heavy atom. The second kappa shape index (κ2) is 6.67. The van der Waals surface area contributed by atoms with Crippen LogP contribution in [0.2, 0.25) is 10.3 Å². The van der Waals surface area contributed by atoms with Crippen LogP contribution in [-0.4, -0.2) is 14.5 Å². The third-order valence-corrected chi connectivity index (χ3v) is 4.41. The SMILES string of the molecule is CCCCn1c(-c2c(C)ccc([N+](=O)[O-])c2C)nc(Cl)c1Cl. The maximum atomic E-state index is 11.2. The second-order valence-electron chi connectivity index (χ2n) is 5.18. The number of benzene rings is 1. The number of hydrogen-bond donors (Lipinski definition) is 0. The van der Waals surface area contributed by atoms with Gasteiger partial charge in [-0.1, -0.05) is 42.6 Å². The Hall–Kier alpha value is -1.59. The molecule has 0 saturated heterocycles. The highest BCUT2D eigenvalue weighted by molar-refractivity contribution is 6.40. The minimum atomic E-state index is -0.388. The first-order valence-electron chi connectivity index (χ1n) is 7.05. The molecule has 5 nitrogen and oxygen atoms in total. The fourth-order valence-corrected chi connectivity index (χ4v) is 2.88. The molecule has 0 saturated carbocycles. The number of nitro benzene ring substituents is 1. The maximum absolute atomic E-state index is 11.2. The Bertz CT molecular complexity index is 726. The lowest BCUT2D eigenvalue weighted by Crippen LogP contribution is -2.04. The van der Waals surface area contributed by atoms with Crippen LogP contribution in [0, 0.1) is 24.0 Å². The molecule has 0 bridgehead atoms. The van der Waals surface area contributed by atoms with Crippen molar-refractivity contribution >= 4 is 28.9 Å². The van der Waals surface area contributed by atoms with Crippen molar-refractivity contribution in [1.82, 2.24) is 9.55 Å². The Morgan fingerprint density at radius 2 is 2.00 bits per heavy atom. The molecule has 22 heavy (non-hydrogen) atoms. The van der Waals surface area contributed by atoms with E-state index in [1.54, 1.807) is 13.0 Å². The Labute approximate surface area is 139 Å². The number of halogens is 2. The van der Waals surface area contributed by atoms with Crippen molar-refractivity contribution in [3.05, 3.63) is 43.7 Å². The summed E-state index contributed by atoms with van der Waals surface area (Å²) < 4.78 is 1.83. The van der Waals surface area contributed by atoms with Gasteiger partial charge >= 0.3 is 0 Å². The minimum absolute atomic E-state index is 0.0675. The van der Waals surface area contributed by atoms with Gasteiger partial charge in [0.05, 0.1) is 4.92 Å². The summed E-state index contributed by atoms with van der Waals surface area (Å²) in [6.07, 6.45) is 1.92. The van der Waals surface area contributed by atoms with Crippen LogP contribution in [0.4, 0.5) is 5.69 Å². The van der Waals surface area contributed by atoms with Gasteiger partial charge < -0.3 is 4.57 Å². The van der Waals surface area contributed by atoms with E-state index in [-0.39, 0.29) is 15.8 Å². The summed E-state index contributed by atoms with van der Waals surface area (Å²) in [6, 6.07) is 3.23. The van der Waals surface area contributed by atoms with Crippen LogP contribution in [0.3, 0.4) is 0 Å². The first-order valence-corrected chi connectivity index (χ1v) is 7.80. The molecular formula is C15H17Cl2N3O2. The summed E-state index contributed by atoms with van der Waals surface area (Å²) in [7, 11) is 0. The molecular weight excluding hydrogens is 325 g/mol. The summed E-state index contributed by atoms with van der Waals surface area (Å²) in [5.74, 6) is 0.585. The van der Waals surface area contributed by atoms with Crippen molar-refractivity contribution < 1.29 is 4.92 Å². The first-order chi connectivity index (χ1) is 10.4. The summed E-state index contributed by atoms with van der Waals surface area (Å²) >= 11 is 12.3. The van der Waals surface area contributed by atoms with Crippen LogP contribution in [0.1, 0.15) is 30.9 Å². The van der Waals surface area contributed by atoms with Crippen LogP contribution in [-0.2, 0) is 6.54 Å². The molecule has 1 aromatic heterocycles. The van der Waals surface area contributed by atoms with E-state index < -0.39 is 0 Å². The van der Waals surface area contributed by atoms with Crippen LogP contribution in [0.25, 0.3) is 11.4 Å². The average molecular weight is 342 g/mol.